The number of hydrogen-bond donors (Lipinski definition) is 0. The van der Waals surface area contributed by atoms with Crippen LogP contribution in [-0.4, -0.2) is 36.5 Å². The van der Waals surface area contributed by atoms with Crippen molar-refractivity contribution in [3.05, 3.63) is 34.9 Å². The van der Waals surface area contributed by atoms with E-state index in [9.17, 15) is 9.59 Å². The van der Waals surface area contributed by atoms with Gasteiger partial charge in [0, 0.05) is 18.1 Å². The minimum atomic E-state index is -0.147. The van der Waals surface area contributed by atoms with Crippen molar-refractivity contribution >= 4 is 23.5 Å². The quantitative estimate of drug-likeness (QED) is 0.771. The summed E-state index contributed by atoms with van der Waals surface area (Å²) in [6.07, 6.45) is 2.11. The van der Waals surface area contributed by atoms with E-state index in [1.54, 1.807) is 0 Å². The van der Waals surface area contributed by atoms with E-state index in [0.29, 0.717) is 37.6 Å². The third-order valence-corrected chi connectivity index (χ3v) is 4.66. The lowest BCUT2D eigenvalue weighted by atomic mass is 9.92. The zero-order valence-corrected chi connectivity index (χ0v) is 14.5. The molecule has 23 heavy (non-hydrogen) atoms. The first-order valence-corrected chi connectivity index (χ1v) is 8.65. The fraction of sp³-hybridized carbons (Fsp3) is 0.556. The summed E-state index contributed by atoms with van der Waals surface area (Å²) in [4.78, 5) is 26.4. The molecule has 1 aromatic carbocycles. The van der Waals surface area contributed by atoms with Crippen molar-refractivity contribution in [2.45, 2.75) is 39.0 Å². The van der Waals surface area contributed by atoms with Gasteiger partial charge in [-0.2, -0.15) is 0 Å². The highest BCUT2D eigenvalue weighted by atomic mass is 35.5. The molecular formula is C18H24ClNO3. The van der Waals surface area contributed by atoms with Crippen molar-refractivity contribution in [1.82, 2.24) is 4.90 Å². The summed E-state index contributed by atoms with van der Waals surface area (Å²) in [5, 5.41) is 0.673. The number of rotatable bonds is 5. The Morgan fingerprint density at radius 2 is 1.83 bits per heavy atom. The summed E-state index contributed by atoms with van der Waals surface area (Å²) in [5.41, 5.74) is 0.995. The minimum Gasteiger partial charge on any atom is -0.466 e. The van der Waals surface area contributed by atoms with Gasteiger partial charge in [-0.3, -0.25) is 9.59 Å². The van der Waals surface area contributed by atoms with E-state index < -0.39 is 0 Å². The summed E-state index contributed by atoms with van der Waals surface area (Å²) in [6.45, 7) is 5.47. The molecule has 1 fully saturated rings. The molecule has 2 rings (SSSR count). The molecule has 126 valence electrons. The van der Waals surface area contributed by atoms with E-state index in [1.165, 1.54) is 0 Å². The van der Waals surface area contributed by atoms with E-state index in [-0.39, 0.29) is 23.7 Å². The van der Waals surface area contributed by atoms with Gasteiger partial charge >= 0.3 is 5.97 Å². The predicted octanol–water partition coefficient (Wildman–Crippen LogP) is 3.64. The number of likely N-dealkylation sites (tertiary alicyclic amines) is 1. The van der Waals surface area contributed by atoms with Crippen molar-refractivity contribution in [2.75, 3.05) is 19.7 Å². The zero-order valence-electron chi connectivity index (χ0n) is 13.8. The van der Waals surface area contributed by atoms with Crippen LogP contribution in [0.5, 0.6) is 0 Å². The van der Waals surface area contributed by atoms with Gasteiger partial charge in [0.1, 0.15) is 0 Å². The molecule has 5 heteroatoms. The molecular weight excluding hydrogens is 314 g/mol. The van der Waals surface area contributed by atoms with Gasteiger partial charge in [0.05, 0.1) is 18.4 Å². The summed E-state index contributed by atoms with van der Waals surface area (Å²) >= 11 is 5.92. The van der Waals surface area contributed by atoms with Crippen molar-refractivity contribution in [1.29, 1.82) is 0 Å². The van der Waals surface area contributed by atoms with Gasteiger partial charge in [-0.25, -0.2) is 0 Å². The molecule has 1 unspecified atom stereocenters. The third-order valence-electron chi connectivity index (χ3n) is 4.41. The first kappa shape index (κ1) is 17.8. The molecule has 1 aromatic rings. The second-order valence-electron chi connectivity index (χ2n) is 5.86. The Labute approximate surface area is 142 Å². The fourth-order valence-corrected chi connectivity index (χ4v) is 3.19. The third kappa shape index (κ3) is 4.47. The highest BCUT2D eigenvalue weighted by Crippen LogP contribution is 2.27. The molecule has 0 radical (unpaired) electrons. The number of esters is 1. The first-order valence-electron chi connectivity index (χ1n) is 8.27. The molecule has 1 aliphatic heterocycles. The Hall–Kier alpha value is -1.55. The maximum Gasteiger partial charge on any atom is 0.309 e. The summed E-state index contributed by atoms with van der Waals surface area (Å²) < 4.78 is 5.07. The van der Waals surface area contributed by atoms with E-state index in [1.807, 2.05) is 43.0 Å². The Kier molecular flexibility index (Phi) is 6.46. The Morgan fingerprint density at radius 1 is 1.22 bits per heavy atom. The maximum absolute atomic E-state index is 12.8. The van der Waals surface area contributed by atoms with Gasteiger partial charge in [-0.05, 0) is 43.9 Å². The predicted molar refractivity (Wildman–Crippen MR) is 90.4 cm³/mol. The Bertz CT molecular complexity index is 536. The molecule has 1 amide bonds. The molecule has 1 saturated heterocycles. The van der Waals surface area contributed by atoms with Gasteiger partial charge in [0.2, 0.25) is 5.91 Å². The molecule has 0 N–H and O–H groups in total. The fourth-order valence-electron chi connectivity index (χ4n) is 3.06. The number of halogens is 1. The number of carbonyl (C=O) groups is 2. The standard InChI is InChI=1S/C18H24ClNO3/c1-3-16(13-5-7-15(19)8-6-13)17(21)20-11-9-14(10-12-20)18(22)23-4-2/h5-8,14,16H,3-4,9-12H2,1-2H3. The largest absolute Gasteiger partial charge is 0.466 e. The maximum atomic E-state index is 12.8. The van der Waals surface area contributed by atoms with Crippen LogP contribution in [0.3, 0.4) is 0 Å². The molecule has 0 saturated carbocycles. The normalized spacial score (nSPS) is 16.9. The second kappa shape index (κ2) is 8.34. The van der Waals surface area contributed by atoms with E-state index >= 15 is 0 Å². The monoisotopic (exact) mass is 337 g/mol. The van der Waals surface area contributed by atoms with Crippen LogP contribution in [0.15, 0.2) is 24.3 Å². The highest BCUT2D eigenvalue weighted by Gasteiger charge is 2.31. The van der Waals surface area contributed by atoms with Crippen LogP contribution >= 0.6 is 11.6 Å². The Morgan fingerprint density at radius 3 is 2.35 bits per heavy atom. The van der Waals surface area contributed by atoms with Crippen LogP contribution in [0.4, 0.5) is 0 Å². The molecule has 1 atom stereocenters. The lowest BCUT2D eigenvalue weighted by Gasteiger charge is -2.33. The van der Waals surface area contributed by atoms with Crippen LogP contribution < -0.4 is 0 Å². The topological polar surface area (TPSA) is 46.6 Å². The number of benzene rings is 1. The van der Waals surface area contributed by atoms with Crippen molar-refractivity contribution in [3.63, 3.8) is 0 Å². The lowest BCUT2D eigenvalue weighted by molar-refractivity contribution is -0.151. The van der Waals surface area contributed by atoms with Crippen LogP contribution in [0.1, 0.15) is 44.6 Å². The highest BCUT2D eigenvalue weighted by molar-refractivity contribution is 6.30. The lowest BCUT2D eigenvalue weighted by Crippen LogP contribution is -2.42. The Balaban J connectivity index is 1.97. The number of hydrogen-bond acceptors (Lipinski definition) is 3. The van der Waals surface area contributed by atoms with Crippen LogP contribution in [-0.2, 0) is 14.3 Å². The second-order valence-corrected chi connectivity index (χ2v) is 6.30. The van der Waals surface area contributed by atoms with Crippen molar-refractivity contribution < 1.29 is 14.3 Å². The van der Waals surface area contributed by atoms with Crippen LogP contribution in [0.2, 0.25) is 5.02 Å². The average Bonchev–Trinajstić information content (AvgIpc) is 2.57. The van der Waals surface area contributed by atoms with Crippen molar-refractivity contribution in [3.8, 4) is 0 Å². The average molecular weight is 338 g/mol. The minimum absolute atomic E-state index is 0.0744. The molecule has 1 aliphatic rings. The van der Waals surface area contributed by atoms with Crippen molar-refractivity contribution in [2.24, 2.45) is 5.92 Å². The van der Waals surface area contributed by atoms with Gasteiger partial charge in [-0.1, -0.05) is 30.7 Å². The zero-order chi connectivity index (χ0) is 16.8. The van der Waals surface area contributed by atoms with Gasteiger partial charge in [-0.15, -0.1) is 0 Å². The SMILES string of the molecule is CCOC(=O)C1CCN(C(=O)C(CC)c2ccc(Cl)cc2)CC1. The van der Waals surface area contributed by atoms with E-state index in [2.05, 4.69) is 0 Å². The van der Waals surface area contributed by atoms with Gasteiger partial charge in [0.15, 0.2) is 0 Å². The number of amides is 1. The summed E-state index contributed by atoms with van der Waals surface area (Å²) in [7, 11) is 0. The molecule has 0 spiro atoms. The van der Waals surface area contributed by atoms with Gasteiger partial charge < -0.3 is 9.64 Å². The first-order chi connectivity index (χ1) is 11.1. The smallest absolute Gasteiger partial charge is 0.309 e. The van der Waals surface area contributed by atoms with Crippen LogP contribution in [0, 0.1) is 5.92 Å². The molecule has 0 bridgehead atoms. The summed E-state index contributed by atoms with van der Waals surface area (Å²) in [5.74, 6) is -0.220. The number of nitrogens with zero attached hydrogens (tertiary/aromatic N) is 1. The van der Waals surface area contributed by atoms with Crippen LogP contribution in [0.25, 0.3) is 0 Å². The number of carbonyl (C=O) groups excluding carboxylic acids is 2. The molecule has 0 aliphatic carbocycles. The number of ether oxygens (including phenoxy) is 1. The van der Waals surface area contributed by atoms with E-state index in [0.717, 1.165) is 12.0 Å². The molecule has 1 heterocycles. The molecule has 0 aromatic heterocycles. The number of piperidine rings is 1. The molecule has 4 nitrogen and oxygen atoms in total. The summed E-state index contributed by atoms with van der Waals surface area (Å²) in [6, 6.07) is 7.47. The van der Waals surface area contributed by atoms with Gasteiger partial charge in [0.25, 0.3) is 0 Å². The van der Waals surface area contributed by atoms with E-state index in [4.69, 9.17) is 16.3 Å².